The van der Waals surface area contributed by atoms with Gasteiger partial charge in [0.1, 0.15) is 5.75 Å². The van der Waals surface area contributed by atoms with Crippen LogP contribution in [0.4, 0.5) is 0 Å². The molecule has 2 heterocycles. The van der Waals surface area contributed by atoms with Crippen molar-refractivity contribution in [2.75, 3.05) is 0 Å². The topological polar surface area (TPSA) is 24.8 Å². The van der Waals surface area contributed by atoms with Crippen molar-refractivity contribution in [1.82, 2.24) is 5.01 Å². The molecule has 3 aromatic rings. The van der Waals surface area contributed by atoms with Crippen molar-refractivity contribution < 1.29 is 4.74 Å². The summed E-state index contributed by atoms with van der Waals surface area (Å²) in [6, 6.07) is 22.0. The van der Waals surface area contributed by atoms with Gasteiger partial charge in [-0.05, 0) is 29.8 Å². The predicted molar refractivity (Wildman–Crippen MR) is 116 cm³/mol. The maximum absolute atomic E-state index is 6.49. The second-order valence-corrected chi connectivity index (χ2v) is 8.60. The fourth-order valence-corrected chi connectivity index (χ4v) is 4.59. The van der Waals surface area contributed by atoms with Gasteiger partial charge >= 0.3 is 0 Å². The summed E-state index contributed by atoms with van der Waals surface area (Å²) in [5.41, 5.74) is 4.12. The Morgan fingerprint density at radius 2 is 1.75 bits per heavy atom. The number of rotatable bonds is 2. The molecule has 0 bridgehead atoms. The standard InChI is InChI=1S/C22H15BrCl2N2O/c23-15-8-6-13(7-9-15)19-12-20-17-10-16(24)11-18(25)21(17)28-22(27(20)26-19)14-4-2-1-3-5-14/h1-11,20,22H,12H2/t20-,22-/m0/s1. The van der Waals surface area contributed by atoms with E-state index in [2.05, 4.69) is 28.1 Å². The van der Waals surface area contributed by atoms with Gasteiger partial charge in [-0.2, -0.15) is 5.10 Å². The minimum absolute atomic E-state index is 0.0174. The van der Waals surface area contributed by atoms with Crippen molar-refractivity contribution in [3.05, 3.63) is 97.9 Å². The fourth-order valence-electron chi connectivity index (χ4n) is 3.77. The second-order valence-electron chi connectivity index (χ2n) is 6.84. The lowest BCUT2D eigenvalue weighted by atomic mass is 9.96. The molecule has 3 aromatic carbocycles. The Morgan fingerprint density at radius 1 is 1.00 bits per heavy atom. The SMILES string of the molecule is Clc1cc(Cl)c2c(c1)[C@@H]1CC(c3ccc(Br)cc3)=NN1[C@H](c1ccccc1)O2. The minimum atomic E-state index is -0.342. The monoisotopic (exact) mass is 472 g/mol. The lowest BCUT2D eigenvalue weighted by molar-refractivity contribution is -0.0189. The van der Waals surface area contributed by atoms with Gasteiger partial charge in [0.05, 0.1) is 16.8 Å². The third kappa shape index (κ3) is 3.10. The third-order valence-corrected chi connectivity index (χ3v) is 6.10. The quantitative estimate of drug-likeness (QED) is 0.400. The number of hydrogen-bond donors (Lipinski definition) is 0. The van der Waals surface area contributed by atoms with E-state index in [1.807, 2.05) is 53.5 Å². The first-order chi connectivity index (χ1) is 13.6. The van der Waals surface area contributed by atoms with Gasteiger partial charge in [-0.1, -0.05) is 81.6 Å². The molecule has 140 valence electrons. The number of nitrogens with zero attached hydrogens (tertiary/aromatic N) is 2. The van der Waals surface area contributed by atoms with Crippen LogP contribution in [0.5, 0.6) is 5.75 Å². The van der Waals surface area contributed by atoms with Crippen LogP contribution in [0.15, 0.2) is 76.3 Å². The van der Waals surface area contributed by atoms with Crippen molar-refractivity contribution in [2.45, 2.75) is 18.7 Å². The van der Waals surface area contributed by atoms with Gasteiger partial charge in [-0.25, -0.2) is 5.01 Å². The summed E-state index contributed by atoms with van der Waals surface area (Å²) in [7, 11) is 0. The van der Waals surface area contributed by atoms with Gasteiger partial charge in [-0.3, -0.25) is 0 Å². The number of hydrazone groups is 1. The molecule has 0 aromatic heterocycles. The van der Waals surface area contributed by atoms with Crippen LogP contribution in [-0.4, -0.2) is 10.7 Å². The Hall–Kier alpha value is -2.01. The zero-order valence-corrected chi connectivity index (χ0v) is 17.7. The van der Waals surface area contributed by atoms with E-state index in [4.69, 9.17) is 33.0 Å². The number of fused-ring (bicyclic) bond motifs is 3. The maximum Gasteiger partial charge on any atom is 0.213 e. The van der Waals surface area contributed by atoms with E-state index >= 15 is 0 Å². The first-order valence-corrected chi connectivity index (χ1v) is 10.5. The maximum atomic E-state index is 6.49. The highest BCUT2D eigenvalue weighted by Gasteiger charge is 2.41. The Kier molecular flexibility index (Phi) is 4.58. The smallest absolute Gasteiger partial charge is 0.213 e. The molecule has 0 saturated heterocycles. The van der Waals surface area contributed by atoms with Crippen LogP contribution in [0.25, 0.3) is 0 Å². The summed E-state index contributed by atoms with van der Waals surface area (Å²) in [6.45, 7) is 0. The molecular formula is C22H15BrCl2N2O. The molecule has 2 aliphatic heterocycles. The zero-order valence-electron chi connectivity index (χ0n) is 14.6. The molecule has 6 heteroatoms. The largest absolute Gasteiger partial charge is 0.463 e. The van der Waals surface area contributed by atoms with Crippen LogP contribution in [0, 0.1) is 0 Å². The Bertz CT molecular complexity index is 1070. The first kappa shape index (κ1) is 18.0. The third-order valence-electron chi connectivity index (χ3n) is 5.07. The number of hydrogen-bond acceptors (Lipinski definition) is 3. The van der Waals surface area contributed by atoms with E-state index < -0.39 is 0 Å². The highest BCUT2D eigenvalue weighted by molar-refractivity contribution is 9.10. The van der Waals surface area contributed by atoms with Crippen molar-refractivity contribution in [1.29, 1.82) is 0 Å². The van der Waals surface area contributed by atoms with Crippen LogP contribution in [0.2, 0.25) is 10.0 Å². The van der Waals surface area contributed by atoms with Crippen LogP contribution in [-0.2, 0) is 0 Å². The Balaban J connectivity index is 1.63. The van der Waals surface area contributed by atoms with Gasteiger partial charge in [0.25, 0.3) is 0 Å². The average Bonchev–Trinajstić information content (AvgIpc) is 3.14. The molecule has 2 aliphatic rings. The van der Waals surface area contributed by atoms with Crippen molar-refractivity contribution in [3.8, 4) is 5.75 Å². The van der Waals surface area contributed by atoms with E-state index in [0.717, 1.165) is 33.3 Å². The molecule has 0 aliphatic carbocycles. The second kappa shape index (κ2) is 7.11. The lowest BCUT2D eigenvalue weighted by Gasteiger charge is -2.38. The molecule has 0 amide bonds. The summed E-state index contributed by atoms with van der Waals surface area (Å²) in [4.78, 5) is 0. The van der Waals surface area contributed by atoms with E-state index in [-0.39, 0.29) is 12.3 Å². The molecule has 28 heavy (non-hydrogen) atoms. The number of halogens is 3. The van der Waals surface area contributed by atoms with Crippen molar-refractivity contribution in [2.24, 2.45) is 5.10 Å². The van der Waals surface area contributed by atoms with E-state index in [1.54, 1.807) is 6.07 Å². The molecule has 2 atom stereocenters. The molecule has 0 saturated carbocycles. The summed E-state index contributed by atoms with van der Waals surface area (Å²) >= 11 is 16.3. The Labute approximate surface area is 181 Å². The van der Waals surface area contributed by atoms with Crippen molar-refractivity contribution >= 4 is 44.8 Å². The van der Waals surface area contributed by atoms with Gasteiger partial charge in [0.15, 0.2) is 0 Å². The summed E-state index contributed by atoms with van der Waals surface area (Å²) < 4.78 is 7.39. The molecule has 5 rings (SSSR count). The van der Waals surface area contributed by atoms with Gasteiger partial charge in [0, 0.05) is 27.0 Å². The summed E-state index contributed by atoms with van der Waals surface area (Å²) in [5, 5.41) is 8.11. The van der Waals surface area contributed by atoms with E-state index in [9.17, 15) is 0 Å². The van der Waals surface area contributed by atoms with Gasteiger partial charge in [0.2, 0.25) is 6.23 Å². The fraction of sp³-hybridized carbons (Fsp3) is 0.136. The average molecular weight is 474 g/mol. The Morgan fingerprint density at radius 3 is 2.50 bits per heavy atom. The summed E-state index contributed by atoms with van der Waals surface area (Å²) in [5.74, 6) is 0.688. The highest BCUT2D eigenvalue weighted by Crippen LogP contribution is 2.50. The number of benzene rings is 3. The summed E-state index contributed by atoms with van der Waals surface area (Å²) in [6.07, 6.45) is 0.420. The van der Waals surface area contributed by atoms with Crippen LogP contribution >= 0.6 is 39.1 Å². The minimum Gasteiger partial charge on any atom is -0.463 e. The zero-order chi connectivity index (χ0) is 19.3. The normalized spacial score (nSPS) is 20.2. The van der Waals surface area contributed by atoms with Crippen LogP contribution in [0.3, 0.4) is 0 Å². The predicted octanol–water partition coefficient (Wildman–Crippen LogP) is 7.00. The molecule has 0 spiro atoms. The molecule has 0 N–H and O–H groups in total. The van der Waals surface area contributed by atoms with E-state index in [0.29, 0.717) is 15.8 Å². The van der Waals surface area contributed by atoms with Gasteiger partial charge < -0.3 is 4.74 Å². The highest BCUT2D eigenvalue weighted by atomic mass is 79.9. The molecule has 3 nitrogen and oxygen atoms in total. The number of ether oxygens (including phenoxy) is 1. The molecule has 0 fully saturated rings. The van der Waals surface area contributed by atoms with Crippen LogP contribution < -0.4 is 4.74 Å². The van der Waals surface area contributed by atoms with E-state index in [1.165, 1.54) is 0 Å². The van der Waals surface area contributed by atoms with Crippen LogP contribution in [0.1, 0.15) is 35.4 Å². The first-order valence-electron chi connectivity index (χ1n) is 8.92. The molecule has 0 unspecified atom stereocenters. The molecular weight excluding hydrogens is 459 g/mol. The van der Waals surface area contributed by atoms with Crippen molar-refractivity contribution in [3.63, 3.8) is 0 Å². The van der Waals surface area contributed by atoms with Gasteiger partial charge in [-0.15, -0.1) is 0 Å². The molecule has 0 radical (unpaired) electrons. The lowest BCUT2D eigenvalue weighted by Crippen LogP contribution is -2.33.